The van der Waals surface area contributed by atoms with E-state index in [0.29, 0.717) is 88.3 Å². The Kier molecular flexibility index (Phi) is 38.0. The highest BCUT2D eigenvalue weighted by Crippen LogP contribution is 2.25. The van der Waals surface area contributed by atoms with Crippen molar-refractivity contribution in [2.24, 2.45) is 11.8 Å². The standard InChI is InChI=1S/C20H34O6.C20H22O6.C16H14O4.3CH4/c2*21-19(17-7-3-1-4-8-17)25-15-13-23-11-12-24-14-16-26-20(22)18-9-5-2-6-10-18;17-15(13-7-3-1-4-8-13)19-11-12-20-16(18)14-9-5-2-6-10-14;;;/h17-18H,1-16H2;1-10H,11-16H2;1-10H,11-12H2;3*1H4. The van der Waals surface area contributed by atoms with E-state index in [1.165, 1.54) is 12.8 Å². The molecule has 2 saturated carbocycles. The molecule has 0 spiro atoms. The van der Waals surface area contributed by atoms with Crippen LogP contribution < -0.4 is 0 Å². The highest BCUT2D eigenvalue weighted by atomic mass is 16.6. The monoisotopic (exact) mass is 1050 g/mol. The zero-order chi connectivity index (χ0) is 51.1. The third-order valence-electron chi connectivity index (χ3n) is 11.1. The zero-order valence-electron chi connectivity index (χ0n) is 41.2. The SMILES string of the molecule is C.C.C.O=C(OCCOC(=O)c1ccccc1)c1ccccc1.O=C(OCCOCCOCCOC(=O)C1CCCCC1)C1CCCCC1.O=C(OCCOCCOCCOC(=O)c1ccccc1)c1ccccc1. The van der Waals surface area contributed by atoms with Crippen LogP contribution in [0, 0.1) is 11.8 Å². The largest absolute Gasteiger partial charge is 0.463 e. The van der Waals surface area contributed by atoms with Gasteiger partial charge >= 0.3 is 35.8 Å². The first-order valence-electron chi connectivity index (χ1n) is 24.8. The smallest absolute Gasteiger partial charge is 0.338 e. The van der Waals surface area contributed by atoms with Crippen molar-refractivity contribution in [2.75, 3.05) is 92.5 Å². The van der Waals surface area contributed by atoms with E-state index >= 15 is 0 Å². The van der Waals surface area contributed by atoms with E-state index in [9.17, 15) is 28.8 Å². The maximum atomic E-state index is 11.8. The van der Waals surface area contributed by atoms with Crippen LogP contribution in [0.25, 0.3) is 0 Å². The summed E-state index contributed by atoms with van der Waals surface area (Å²) < 4.78 is 52.0. The van der Waals surface area contributed by atoms with Crippen molar-refractivity contribution in [2.45, 2.75) is 86.5 Å². The fourth-order valence-electron chi connectivity index (χ4n) is 7.24. The second-order valence-electron chi connectivity index (χ2n) is 16.5. The molecule has 0 amide bonds. The lowest BCUT2D eigenvalue weighted by molar-refractivity contribution is -0.152. The molecule has 0 radical (unpaired) electrons. The average molecular weight is 1050 g/mol. The van der Waals surface area contributed by atoms with Crippen LogP contribution >= 0.6 is 0 Å². The van der Waals surface area contributed by atoms with Crippen LogP contribution in [0.15, 0.2) is 121 Å². The predicted molar refractivity (Wildman–Crippen MR) is 285 cm³/mol. The van der Waals surface area contributed by atoms with E-state index in [4.69, 9.17) is 47.4 Å². The topological polar surface area (TPSA) is 195 Å². The Morgan fingerprint density at radius 3 is 0.720 bits per heavy atom. The summed E-state index contributed by atoms with van der Waals surface area (Å²) >= 11 is 0. The molecule has 16 heteroatoms. The van der Waals surface area contributed by atoms with Crippen LogP contribution in [0.4, 0.5) is 0 Å². The van der Waals surface area contributed by atoms with E-state index in [1.54, 1.807) is 97.1 Å². The molecule has 16 nitrogen and oxygen atoms in total. The summed E-state index contributed by atoms with van der Waals surface area (Å²) in [6.07, 6.45) is 10.8. The van der Waals surface area contributed by atoms with Crippen LogP contribution in [0.3, 0.4) is 0 Å². The van der Waals surface area contributed by atoms with Gasteiger partial charge in [-0.1, -0.05) is 134 Å². The average Bonchev–Trinajstić information content (AvgIpc) is 3.44. The van der Waals surface area contributed by atoms with Crippen molar-refractivity contribution in [3.05, 3.63) is 144 Å². The minimum absolute atomic E-state index is 0. The minimum atomic E-state index is -0.429. The van der Waals surface area contributed by atoms with Gasteiger partial charge in [0.25, 0.3) is 0 Å². The van der Waals surface area contributed by atoms with Gasteiger partial charge in [-0.25, -0.2) is 19.2 Å². The Hall–Kier alpha value is -6.46. The van der Waals surface area contributed by atoms with Crippen molar-refractivity contribution in [1.82, 2.24) is 0 Å². The molecule has 0 aliphatic heterocycles. The molecule has 2 fully saturated rings. The van der Waals surface area contributed by atoms with E-state index in [2.05, 4.69) is 0 Å². The van der Waals surface area contributed by atoms with E-state index in [1.807, 2.05) is 24.3 Å². The summed E-state index contributed by atoms with van der Waals surface area (Å²) in [5.41, 5.74) is 1.98. The molecular weight excluding hydrogens is 965 g/mol. The maximum Gasteiger partial charge on any atom is 0.338 e. The fourth-order valence-corrected chi connectivity index (χ4v) is 7.24. The van der Waals surface area contributed by atoms with Gasteiger partial charge in [0, 0.05) is 0 Å². The molecule has 6 rings (SSSR count). The Balaban J connectivity index is 0.000000556. The molecule has 0 aromatic heterocycles. The molecule has 4 aromatic carbocycles. The van der Waals surface area contributed by atoms with E-state index in [0.717, 1.165) is 51.4 Å². The van der Waals surface area contributed by atoms with Gasteiger partial charge in [-0.2, -0.15) is 0 Å². The number of hydrogen-bond donors (Lipinski definition) is 0. The van der Waals surface area contributed by atoms with Crippen molar-refractivity contribution in [1.29, 1.82) is 0 Å². The van der Waals surface area contributed by atoms with Gasteiger partial charge in [-0.05, 0) is 74.2 Å². The zero-order valence-corrected chi connectivity index (χ0v) is 41.2. The molecule has 2 aliphatic rings. The van der Waals surface area contributed by atoms with Gasteiger partial charge in [0.1, 0.15) is 39.6 Å². The fraction of sp³-hybridized carbons (Fsp3) is 0.492. The molecule has 4 aromatic rings. The number of ether oxygens (including phenoxy) is 10. The lowest BCUT2D eigenvalue weighted by atomic mass is 9.89. The Labute approximate surface area is 444 Å². The molecular formula is C59H82O16. The summed E-state index contributed by atoms with van der Waals surface area (Å²) in [5, 5.41) is 0. The minimum Gasteiger partial charge on any atom is -0.463 e. The maximum absolute atomic E-state index is 11.8. The van der Waals surface area contributed by atoms with Crippen molar-refractivity contribution in [3.8, 4) is 0 Å². The lowest BCUT2D eigenvalue weighted by Gasteiger charge is -2.20. The van der Waals surface area contributed by atoms with Gasteiger partial charge < -0.3 is 47.4 Å². The summed E-state index contributed by atoms with van der Waals surface area (Å²) in [4.78, 5) is 70.2. The second kappa shape index (κ2) is 42.8. The molecule has 0 saturated heterocycles. The Bertz CT molecular complexity index is 1940. The van der Waals surface area contributed by atoms with Crippen LogP contribution in [0.2, 0.25) is 0 Å². The predicted octanol–water partition coefficient (Wildman–Crippen LogP) is 10.6. The quantitative estimate of drug-likeness (QED) is 0.0310. The van der Waals surface area contributed by atoms with E-state index < -0.39 is 11.9 Å². The van der Waals surface area contributed by atoms with Gasteiger partial charge in [0.15, 0.2) is 0 Å². The van der Waals surface area contributed by atoms with Crippen molar-refractivity contribution in [3.63, 3.8) is 0 Å². The van der Waals surface area contributed by atoms with Crippen LogP contribution in [-0.4, -0.2) is 128 Å². The van der Waals surface area contributed by atoms with Gasteiger partial charge in [0.2, 0.25) is 0 Å². The summed E-state index contributed by atoms with van der Waals surface area (Å²) in [5.74, 6) is -1.58. The van der Waals surface area contributed by atoms with Crippen LogP contribution in [-0.2, 0) is 57.0 Å². The first-order chi connectivity index (χ1) is 35.3. The highest BCUT2D eigenvalue weighted by molar-refractivity contribution is 5.91. The first-order valence-corrected chi connectivity index (χ1v) is 24.8. The van der Waals surface area contributed by atoms with Crippen LogP contribution in [0.5, 0.6) is 0 Å². The molecule has 0 bridgehead atoms. The number of esters is 6. The number of rotatable bonds is 27. The molecule has 0 heterocycles. The van der Waals surface area contributed by atoms with Crippen molar-refractivity contribution >= 4 is 35.8 Å². The number of carbonyl (C=O) groups excluding carboxylic acids is 6. The molecule has 0 unspecified atom stereocenters. The lowest BCUT2D eigenvalue weighted by Crippen LogP contribution is -2.23. The van der Waals surface area contributed by atoms with Crippen LogP contribution in [0.1, 0.15) is 128 Å². The first kappa shape index (κ1) is 66.6. The number of carbonyl (C=O) groups is 6. The molecule has 414 valence electrons. The molecule has 2 aliphatic carbocycles. The van der Waals surface area contributed by atoms with Gasteiger partial charge in [-0.3, -0.25) is 9.59 Å². The molecule has 75 heavy (non-hydrogen) atoms. The molecule has 0 atom stereocenters. The summed E-state index contributed by atoms with van der Waals surface area (Å²) in [6.45, 7) is 4.03. The summed E-state index contributed by atoms with van der Waals surface area (Å²) in [6, 6.07) is 34.9. The third-order valence-corrected chi connectivity index (χ3v) is 11.1. The van der Waals surface area contributed by atoms with Gasteiger partial charge in [-0.15, -0.1) is 0 Å². The summed E-state index contributed by atoms with van der Waals surface area (Å²) in [7, 11) is 0. The Morgan fingerprint density at radius 2 is 0.480 bits per heavy atom. The second-order valence-corrected chi connectivity index (χ2v) is 16.5. The van der Waals surface area contributed by atoms with E-state index in [-0.39, 0.29) is 84.4 Å². The normalized spacial score (nSPS) is 12.9. The van der Waals surface area contributed by atoms with Crippen molar-refractivity contribution < 1.29 is 76.1 Å². The molecule has 0 N–H and O–H groups in total. The third kappa shape index (κ3) is 29.9. The highest BCUT2D eigenvalue weighted by Gasteiger charge is 2.23. The number of benzene rings is 4. The Morgan fingerprint density at radius 1 is 0.280 bits per heavy atom. The van der Waals surface area contributed by atoms with Gasteiger partial charge in [0.05, 0.1) is 86.9 Å². The number of hydrogen-bond acceptors (Lipinski definition) is 16.